The topological polar surface area (TPSA) is 58.5 Å². The van der Waals surface area contributed by atoms with Crippen LogP contribution in [0.5, 0.6) is 0 Å². The van der Waals surface area contributed by atoms with E-state index >= 15 is 0 Å². The zero-order chi connectivity index (χ0) is 17.6. The van der Waals surface area contributed by atoms with E-state index in [2.05, 4.69) is 46.8 Å². The third-order valence-corrected chi connectivity index (χ3v) is 5.69. The van der Waals surface area contributed by atoms with E-state index in [1.807, 2.05) is 14.0 Å². The van der Waals surface area contributed by atoms with Gasteiger partial charge in [-0.05, 0) is 19.8 Å². The second kappa shape index (κ2) is 10.7. The summed E-state index contributed by atoms with van der Waals surface area (Å²) >= 11 is 1.70. The number of rotatable bonds is 8. The molecule has 1 saturated carbocycles. The largest absolute Gasteiger partial charge is 0.378 e. The first-order valence-electron chi connectivity index (χ1n) is 8.97. The molecule has 2 atom stereocenters. The van der Waals surface area contributed by atoms with Gasteiger partial charge in [0.25, 0.3) is 0 Å². The van der Waals surface area contributed by atoms with Gasteiger partial charge in [0.2, 0.25) is 0 Å². The Hall–Kier alpha value is -0.410. The summed E-state index contributed by atoms with van der Waals surface area (Å²) in [4.78, 5) is 8.84. The first kappa shape index (κ1) is 22.6. The predicted octanol–water partition coefficient (Wildman–Crippen LogP) is 3.76. The molecule has 0 saturated heterocycles. The number of nitrogens with one attached hydrogen (secondary N) is 2. The van der Waals surface area contributed by atoms with E-state index in [-0.39, 0.29) is 29.4 Å². The van der Waals surface area contributed by atoms with Gasteiger partial charge in [0, 0.05) is 43.5 Å². The molecule has 1 aliphatic rings. The van der Waals surface area contributed by atoms with Gasteiger partial charge in [-0.25, -0.2) is 4.98 Å². The molecule has 2 rings (SSSR count). The molecule has 1 aliphatic carbocycles. The van der Waals surface area contributed by atoms with Crippen LogP contribution in [0.3, 0.4) is 0 Å². The van der Waals surface area contributed by atoms with Crippen molar-refractivity contribution in [3.8, 4) is 0 Å². The molecule has 2 N–H and O–H groups in total. The summed E-state index contributed by atoms with van der Waals surface area (Å²) in [7, 11) is 1.82. The summed E-state index contributed by atoms with van der Waals surface area (Å²) in [5.74, 6) is 0.868. The third kappa shape index (κ3) is 6.36. The van der Waals surface area contributed by atoms with Crippen LogP contribution >= 0.6 is 35.3 Å². The molecule has 25 heavy (non-hydrogen) atoms. The molecule has 1 fully saturated rings. The average Bonchev–Trinajstić information content (AvgIpc) is 2.97. The Morgan fingerprint density at radius 3 is 2.80 bits per heavy atom. The highest BCUT2D eigenvalue weighted by atomic mass is 127. The number of hydrogen-bond donors (Lipinski definition) is 2. The Bertz CT molecular complexity index is 547. The number of guanidine groups is 1. The predicted molar refractivity (Wildman–Crippen MR) is 117 cm³/mol. The second-order valence-electron chi connectivity index (χ2n) is 7.07. The van der Waals surface area contributed by atoms with Crippen LogP contribution in [0.2, 0.25) is 0 Å². The number of aryl methyl sites for hydroxylation is 1. The Morgan fingerprint density at radius 1 is 1.48 bits per heavy atom. The zero-order valence-corrected chi connectivity index (χ0v) is 19.2. The van der Waals surface area contributed by atoms with Crippen molar-refractivity contribution >= 4 is 41.3 Å². The highest BCUT2D eigenvalue weighted by molar-refractivity contribution is 14.0. The number of aromatic nitrogens is 1. The lowest BCUT2D eigenvalue weighted by Crippen LogP contribution is -2.63. The van der Waals surface area contributed by atoms with Gasteiger partial charge in [0.1, 0.15) is 0 Å². The number of ether oxygens (including phenoxy) is 1. The number of halogens is 1. The minimum atomic E-state index is 0. The van der Waals surface area contributed by atoms with Gasteiger partial charge in [-0.3, -0.25) is 4.99 Å². The molecule has 7 heteroatoms. The van der Waals surface area contributed by atoms with Gasteiger partial charge in [0.05, 0.1) is 16.8 Å². The standard InChI is InChI=1S/C18H32N4OS.HI/c1-6-7-10-23-16-11-15(18(16,3)4)22-17(19-5)20-9-8-14-12-24-13(2)21-14;/h12,15-16H,6-11H2,1-5H3,(H2,19,20,22);1H. The number of thiazole rings is 1. The lowest BCUT2D eigenvalue weighted by molar-refractivity contribution is -0.113. The fraction of sp³-hybridized carbons (Fsp3) is 0.778. The fourth-order valence-corrected chi connectivity index (χ4v) is 3.62. The highest BCUT2D eigenvalue weighted by Crippen LogP contribution is 2.42. The average molecular weight is 480 g/mol. The van der Waals surface area contributed by atoms with Crippen molar-refractivity contribution in [2.45, 2.75) is 65.5 Å². The molecule has 0 bridgehead atoms. The van der Waals surface area contributed by atoms with Crippen LogP contribution in [0.1, 0.15) is 50.7 Å². The SMILES string of the molecule is CCCCOC1CC(NC(=NC)NCCc2csc(C)n2)C1(C)C.I. The Labute approximate surface area is 173 Å². The van der Waals surface area contributed by atoms with Crippen LogP contribution in [0, 0.1) is 12.3 Å². The molecule has 0 amide bonds. The first-order valence-corrected chi connectivity index (χ1v) is 9.85. The number of hydrogen-bond acceptors (Lipinski definition) is 4. The first-order chi connectivity index (χ1) is 11.5. The van der Waals surface area contributed by atoms with Crippen LogP contribution in [0.4, 0.5) is 0 Å². The Kier molecular flexibility index (Phi) is 9.66. The van der Waals surface area contributed by atoms with Crippen molar-refractivity contribution in [1.29, 1.82) is 0 Å². The molecular weight excluding hydrogens is 447 g/mol. The molecule has 1 aromatic heterocycles. The molecule has 144 valence electrons. The van der Waals surface area contributed by atoms with Gasteiger partial charge in [0.15, 0.2) is 5.96 Å². The minimum absolute atomic E-state index is 0. The molecule has 0 spiro atoms. The molecule has 0 aromatic carbocycles. The van der Waals surface area contributed by atoms with Crippen molar-refractivity contribution in [3.63, 3.8) is 0 Å². The van der Waals surface area contributed by atoms with Gasteiger partial charge in [-0.2, -0.15) is 0 Å². The minimum Gasteiger partial charge on any atom is -0.378 e. The molecule has 0 aliphatic heterocycles. The lowest BCUT2D eigenvalue weighted by atomic mass is 9.64. The Morgan fingerprint density at radius 2 is 2.24 bits per heavy atom. The lowest BCUT2D eigenvalue weighted by Gasteiger charge is -2.52. The van der Waals surface area contributed by atoms with Gasteiger partial charge in [-0.15, -0.1) is 35.3 Å². The van der Waals surface area contributed by atoms with E-state index in [0.717, 1.165) is 49.1 Å². The van der Waals surface area contributed by atoms with E-state index in [9.17, 15) is 0 Å². The molecule has 2 unspecified atom stereocenters. The van der Waals surface area contributed by atoms with E-state index in [1.54, 1.807) is 11.3 Å². The number of aliphatic imine (C=N–C) groups is 1. The maximum atomic E-state index is 6.01. The maximum Gasteiger partial charge on any atom is 0.191 e. The molecule has 1 heterocycles. The van der Waals surface area contributed by atoms with Crippen molar-refractivity contribution in [1.82, 2.24) is 15.6 Å². The second-order valence-corrected chi connectivity index (χ2v) is 8.14. The van der Waals surface area contributed by atoms with E-state index < -0.39 is 0 Å². The van der Waals surface area contributed by atoms with Crippen molar-refractivity contribution in [2.24, 2.45) is 10.4 Å². The van der Waals surface area contributed by atoms with Crippen LogP contribution < -0.4 is 10.6 Å². The monoisotopic (exact) mass is 480 g/mol. The van der Waals surface area contributed by atoms with Crippen LogP contribution in [0.15, 0.2) is 10.4 Å². The Balaban J connectivity index is 0.00000312. The van der Waals surface area contributed by atoms with Crippen molar-refractivity contribution < 1.29 is 4.74 Å². The quantitative estimate of drug-likeness (QED) is 0.258. The van der Waals surface area contributed by atoms with Crippen molar-refractivity contribution in [3.05, 3.63) is 16.1 Å². The van der Waals surface area contributed by atoms with E-state index in [0.29, 0.717) is 12.1 Å². The van der Waals surface area contributed by atoms with Gasteiger partial charge < -0.3 is 15.4 Å². The summed E-state index contributed by atoms with van der Waals surface area (Å²) in [6.07, 6.45) is 4.64. The third-order valence-electron chi connectivity index (χ3n) is 4.87. The summed E-state index contributed by atoms with van der Waals surface area (Å²) in [5, 5.41) is 10.2. The summed E-state index contributed by atoms with van der Waals surface area (Å²) in [6, 6.07) is 0.400. The van der Waals surface area contributed by atoms with E-state index in [1.165, 1.54) is 6.42 Å². The summed E-state index contributed by atoms with van der Waals surface area (Å²) in [6.45, 7) is 10.5. The highest BCUT2D eigenvalue weighted by Gasteiger charge is 2.49. The van der Waals surface area contributed by atoms with Gasteiger partial charge >= 0.3 is 0 Å². The number of unbranched alkanes of at least 4 members (excludes halogenated alkanes) is 1. The summed E-state index contributed by atoms with van der Waals surface area (Å²) in [5.41, 5.74) is 1.28. The van der Waals surface area contributed by atoms with Crippen LogP contribution in [0.25, 0.3) is 0 Å². The van der Waals surface area contributed by atoms with E-state index in [4.69, 9.17) is 4.74 Å². The molecule has 1 aromatic rings. The van der Waals surface area contributed by atoms with Crippen LogP contribution in [-0.4, -0.2) is 43.3 Å². The number of nitrogens with zero attached hydrogens (tertiary/aromatic N) is 2. The maximum absolute atomic E-state index is 6.01. The molecule has 0 radical (unpaired) electrons. The summed E-state index contributed by atoms with van der Waals surface area (Å²) < 4.78 is 6.01. The van der Waals surface area contributed by atoms with Gasteiger partial charge in [-0.1, -0.05) is 27.2 Å². The molecular formula is C18H33IN4OS. The smallest absolute Gasteiger partial charge is 0.191 e. The normalized spacial score (nSPS) is 22.0. The fourth-order valence-electron chi connectivity index (χ4n) is 2.97. The van der Waals surface area contributed by atoms with Crippen molar-refractivity contribution in [2.75, 3.05) is 20.2 Å². The zero-order valence-electron chi connectivity index (χ0n) is 16.1. The van der Waals surface area contributed by atoms with Crippen LogP contribution in [-0.2, 0) is 11.2 Å². The molecule has 5 nitrogen and oxygen atoms in total.